The number of esters is 1. The number of methoxy groups -OCH3 is 3. The van der Waals surface area contributed by atoms with Crippen LogP contribution in [0.3, 0.4) is 0 Å². The Hall–Kier alpha value is -1.86. The van der Waals surface area contributed by atoms with E-state index in [9.17, 15) is 14.5 Å². The summed E-state index contributed by atoms with van der Waals surface area (Å²) in [5, 5.41) is 9.54. The van der Waals surface area contributed by atoms with Gasteiger partial charge in [0.05, 0.1) is 27.9 Å². The minimum Gasteiger partial charge on any atom is -0.496 e. The van der Waals surface area contributed by atoms with Crippen LogP contribution in [-0.4, -0.2) is 52.3 Å². The molecule has 32 heavy (non-hydrogen) atoms. The summed E-state index contributed by atoms with van der Waals surface area (Å²) in [6.45, 7) is 2.02. The van der Waals surface area contributed by atoms with Gasteiger partial charge in [0.15, 0.2) is 5.66 Å². The van der Waals surface area contributed by atoms with Crippen molar-refractivity contribution in [2.75, 3.05) is 35.5 Å². The van der Waals surface area contributed by atoms with Gasteiger partial charge in [-0.15, -0.1) is 0 Å². The SMILES string of the molecule is CCCC[C@@H](C/C=C/CC(C(=O)OC)P(=O)(OC)OC)c1c(OC)cc(CO)cc1OC. The Morgan fingerprint density at radius 1 is 1.03 bits per heavy atom. The largest absolute Gasteiger partial charge is 0.496 e. The number of aliphatic hydroxyl groups is 1. The third-order valence-electron chi connectivity index (χ3n) is 5.41. The van der Waals surface area contributed by atoms with E-state index in [4.69, 9.17) is 23.3 Å². The van der Waals surface area contributed by atoms with Gasteiger partial charge in [0.2, 0.25) is 0 Å². The molecular formula is C23H37O8P. The molecule has 1 N–H and O–H groups in total. The predicted octanol–water partition coefficient (Wildman–Crippen LogP) is 4.83. The zero-order valence-corrected chi connectivity index (χ0v) is 20.9. The van der Waals surface area contributed by atoms with Gasteiger partial charge in [-0.2, -0.15) is 0 Å². The lowest BCUT2D eigenvalue weighted by Crippen LogP contribution is -2.23. The number of hydrogen-bond donors (Lipinski definition) is 1. The molecule has 8 nitrogen and oxygen atoms in total. The maximum atomic E-state index is 12.7. The van der Waals surface area contributed by atoms with E-state index < -0.39 is 19.2 Å². The Balaban J connectivity index is 3.17. The molecule has 1 aromatic rings. The van der Waals surface area contributed by atoms with Crippen molar-refractivity contribution in [1.82, 2.24) is 0 Å². The highest BCUT2D eigenvalue weighted by atomic mass is 31.2. The van der Waals surface area contributed by atoms with Gasteiger partial charge in [-0.05, 0) is 42.9 Å². The first kappa shape index (κ1) is 28.2. The van der Waals surface area contributed by atoms with Crippen LogP contribution in [0.1, 0.15) is 56.1 Å². The second-order valence-corrected chi connectivity index (χ2v) is 9.73. The van der Waals surface area contributed by atoms with E-state index in [2.05, 4.69) is 6.92 Å². The maximum Gasteiger partial charge on any atom is 0.344 e. The van der Waals surface area contributed by atoms with Gasteiger partial charge < -0.3 is 28.4 Å². The molecule has 0 saturated heterocycles. The zero-order valence-electron chi connectivity index (χ0n) is 20.0. The Morgan fingerprint density at radius 2 is 1.59 bits per heavy atom. The number of benzene rings is 1. The summed E-state index contributed by atoms with van der Waals surface area (Å²) in [6, 6.07) is 3.64. The fourth-order valence-electron chi connectivity index (χ4n) is 3.62. The van der Waals surface area contributed by atoms with Crippen LogP contribution in [-0.2, 0) is 29.8 Å². The minimum absolute atomic E-state index is 0.0945. The molecule has 0 saturated carbocycles. The molecule has 0 heterocycles. The Morgan fingerprint density at radius 3 is 2.03 bits per heavy atom. The number of carbonyl (C=O) groups is 1. The number of hydrogen-bond acceptors (Lipinski definition) is 8. The third-order valence-corrected chi connectivity index (χ3v) is 7.61. The molecule has 0 bridgehead atoms. The van der Waals surface area contributed by atoms with Gasteiger partial charge in [0.1, 0.15) is 11.5 Å². The van der Waals surface area contributed by atoms with Gasteiger partial charge in [0.25, 0.3) is 0 Å². The monoisotopic (exact) mass is 472 g/mol. The van der Waals surface area contributed by atoms with Gasteiger partial charge in [-0.25, -0.2) is 0 Å². The van der Waals surface area contributed by atoms with Crippen molar-refractivity contribution in [2.24, 2.45) is 0 Å². The highest BCUT2D eigenvalue weighted by Crippen LogP contribution is 2.53. The van der Waals surface area contributed by atoms with E-state index >= 15 is 0 Å². The molecule has 0 spiro atoms. The van der Waals surface area contributed by atoms with Gasteiger partial charge in [-0.1, -0.05) is 31.9 Å². The summed E-state index contributed by atoms with van der Waals surface area (Å²) in [5.41, 5.74) is 0.609. The third kappa shape index (κ3) is 7.34. The molecule has 182 valence electrons. The lowest BCUT2D eigenvalue weighted by Gasteiger charge is -2.23. The smallest absolute Gasteiger partial charge is 0.344 e. The first-order chi connectivity index (χ1) is 15.3. The summed E-state index contributed by atoms with van der Waals surface area (Å²) in [7, 11) is 3.31. The highest BCUT2D eigenvalue weighted by Gasteiger charge is 2.39. The number of rotatable bonds is 15. The lowest BCUT2D eigenvalue weighted by atomic mass is 9.88. The van der Waals surface area contributed by atoms with Gasteiger partial charge >= 0.3 is 13.6 Å². The summed E-state index contributed by atoms with van der Waals surface area (Å²) in [4.78, 5) is 12.2. The molecule has 0 fully saturated rings. The average molecular weight is 473 g/mol. The van der Waals surface area contributed by atoms with Crippen LogP contribution < -0.4 is 9.47 Å². The normalized spacial score (nSPS) is 13.7. The highest BCUT2D eigenvalue weighted by molar-refractivity contribution is 7.55. The maximum absolute atomic E-state index is 12.7. The fourth-order valence-corrected chi connectivity index (χ4v) is 5.02. The van der Waals surface area contributed by atoms with E-state index in [1.807, 2.05) is 18.2 Å². The molecule has 0 amide bonds. The Labute approximate surface area is 191 Å². The number of carbonyl (C=O) groups excluding carboxylic acids is 1. The van der Waals surface area contributed by atoms with Crippen molar-refractivity contribution in [1.29, 1.82) is 0 Å². The van der Waals surface area contributed by atoms with Gasteiger partial charge in [0, 0.05) is 19.8 Å². The Bertz CT molecular complexity index is 759. The fraction of sp³-hybridized carbons (Fsp3) is 0.609. The molecule has 1 rings (SSSR count). The van der Waals surface area contributed by atoms with Crippen molar-refractivity contribution in [3.63, 3.8) is 0 Å². The van der Waals surface area contributed by atoms with Crippen molar-refractivity contribution in [2.45, 2.75) is 57.2 Å². The van der Waals surface area contributed by atoms with E-state index in [-0.39, 0.29) is 18.9 Å². The summed E-state index contributed by atoms with van der Waals surface area (Å²) >= 11 is 0. The van der Waals surface area contributed by atoms with Crippen molar-refractivity contribution in [3.05, 3.63) is 35.4 Å². The molecule has 2 atom stereocenters. The predicted molar refractivity (Wildman–Crippen MR) is 124 cm³/mol. The van der Waals surface area contributed by atoms with Crippen LogP contribution in [0.4, 0.5) is 0 Å². The van der Waals surface area contributed by atoms with Crippen LogP contribution in [0.5, 0.6) is 11.5 Å². The number of unbranched alkanes of at least 4 members (excludes halogenated alkanes) is 1. The van der Waals surface area contributed by atoms with E-state index in [0.717, 1.165) is 24.8 Å². The van der Waals surface area contributed by atoms with Crippen molar-refractivity contribution >= 4 is 13.6 Å². The van der Waals surface area contributed by atoms with Crippen molar-refractivity contribution < 1.29 is 37.7 Å². The first-order valence-corrected chi connectivity index (χ1v) is 12.3. The molecule has 0 radical (unpaired) electrons. The van der Waals surface area contributed by atoms with E-state index in [1.165, 1.54) is 21.3 Å². The minimum atomic E-state index is -3.63. The quantitative estimate of drug-likeness (QED) is 0.220. The zero-order chi connectivity index (χ0) is 24.1. The molecule has 0 aliphatic rings. The molecule has 1 unspecified atom stereocenters. The van der Waals surface area contributed by atoms with Crippen LogP contribution in [0, 0.1) is 0 Å². The summed E-state index contributed by atoms with van der Waals surface area (Å²) in [5.74, 6) is 0.779. The van der Waals surface area contributed by atoms with Crippen LogP contribution in [0.15, 0.2) is 24.3 Å². The topological polar surface area (TPSA) is 101 Å². The second kappa shape index (κ2) is 14.3. The van der Waals surface area contributed by atoms with Crippen LogP contribution in [0.25, 0.3) is 0 Å². The van der Waals surface area contributed by atoms with Crippen molar-refractivity contribution in [3.8, 4) is 11.5 Å². The standard InChI is InChI=1S/C23H37O8P/c1-7-8-11-18(22-19(27-2)14-17(16-24)15-20(22)28-3)12-9-10-13-21(23(25)29-4)32(26,30-5)31-6/h9-10,14-15,18,21,24H,7-8,11-13,16H2,1-6H3/b10-9+/t18-,21?/m0/s1. The Kier molecular flexibility index (Phi) is 12.6. The van der Waals surface area contributed by atoms with E-state index in [0.29, 0.717) is 23.5 Å². The molecule has 0 aliphatic carbocycles. The lowest BCUT2D eigenvalue weighted by molar-refractivity contribution is -0.140. The summed E-state index contributed by atoms with van der Waals surface area (Å²) < 4.78 is 38.7. The average Bonchev–Trinajstić information content (AvgIpc) is 2.83. The molecular weight excluding hydrogens is 435 g/mol. The number of ether oxygens (including phenoxy) is 3. The first-order valence-electron chi connectivity index (χ1n) is 10.6. The number of aliphatic hydroxyl groups excluding tert-OH is 1. The van der Waals surface area contributed by atoms with E-state index in [1.54, 1.807) is 20.3 Å². The van der Waals surface area contributed by atoms with Crippen LogP contribution >= 0.6 is 7.60 Å². The number of allylic oxidation sites excluding steroid dienone is 2. The molecule has 0 aromatic heterocycles. The molecule has 1 aromatic carbocycles. The molecule has 0 aliphatic heterocycles. The van der Waals surface area contributed by atoms with Gasteiger partial charge in [-0.3, -0.25) is 9.36 Å². The summed E-state index contributed by atoms with van der Waals surface area (Å²) in [6.07, 6.45) is 7.51. The second-order valence-electron chi connectivity index (χ2n) is 7.30. The van der Waals surface area contributed by atoms with Crippen LogP contribution in [0.2, 0.25) is 0 Å². The molecule has 9 heteroatoms.